The van der Waals surface area contributed by atoms with Crippen molar-refractivity contribution < 1.29 is 20.1 Å². The first kappa shape index (κ1) is 14.7. The zero-order chi connectivity index (χ0) is 16.0. The molecule has 1 fully saturated rings. The molecule has 8 heteroatoms. The second-order valence-corrected chi connectivity index (χ2v) is 6.20. The summed E-state index contributed by atoms with van der Waals surface area (Å²) in [7, 11) is 0. The van der Waals surface area contributed by atoms with Crippen molar-refractivity contribution in [1.29, 1.82) is 0 Å². The lowest BCUT2D eigenvalue weighted by molar-refractivity contribution is -0.0508. The minimum atomic E-state index is -1.14. The Morgan fingerprint density at radius 3 is 2.78 bits per heavy atom. The largest absolute Gasteiger partial charge is 0.394 e. The Hall–Kier alpha value is -1.84. The molecule has 120 valence electrons. The summed E-state index contributed by atoms with van der Waals surface area (Å²) in [6.07, 6.45) is -0.679. The highest BCUT2D eigenvalue weighted by atomic mass is 32.1. The predicted molar refractivity (Wildman–Crippen MR) is 83.9 cm³/mol. The molecular weight excluding hydrogens is 318 g/mol. The molecule has 0 aromatic carbocycles. The third-order valence-electron chi connectivity index (χ3n) is 4.10. The summed E-state index contributed by atoms with van der Waals surface area (Å²) in [6, 6.07) is 3.84. The summed E-state index contributed by atoms with van der Waals surface area (Å²) >= 11 is 1.59. The summed E-state index contributed by atoms with van der Waals surface area (Å²) in [6.45, 7) is -0.358. The third-order valence-corrected chi connectivity index (χ3v) is 4.78. The molecule has 0 bridgehead atoms. The smallest absolute Gasteiger partial charge is 0.164 e. The molecule has 4 heterocycles. The first-order valence-electron chi connectivity index (χ1n) is 7.17. The normalized spacial score (nSPS) is 27.8. The Balaban J connectivity index is 1.80. The Labute approximate surface area is 135 Å². The number of aliphatic hydroxyl groups is 3. The molecule has 0 aliphatic carbocycles. The highest BCUT2D eigenvalue weighted by Crippen LogP contribution is 2.34. The van der Waals surface area contributed by atoms with Gasteiger partial charge in [-0.25, -0.2) is 9.97 Å². The van der Waals surface area contributed by atoms with Crippen molar-refractivity contribution in [1.82, 2.24) is 14.5 Å². The number of ether oxygens (including phenoxy) is 1. The van der Waals surface area contributed by atoms with Gasteiger partial charge in [0, 0.05) is 22.5 Å². The maximum Gasteiger partial charge on any atom is 0.164 e. The van der Waals surface area contributed by atoms with E-state index in [9.17, 15) is 15.3 Å². The first-order valence-corrected chi connectivity index (χ1v) is 8.11. The van der Waals surface area contributed by atoms with Gasteiger partial charge >= 0.3 is 0 Å². The number of nitrogens with zero attached hydrogens (tertiary/aromatic N) is 3. The summed E-state index contributed by atoms with van der Waals surface area (Å²) < 4.78 is 7.24. The average molecular weight is 333 g/mol. The second kappa shape index (κ2) is 5.66. The SMILES string of the molecule is OC[C@H]1O[C@@H](n2ccc3c(-c4ccsc4)ncnc32)[C@@H](O)[C@@H]1O. The van der Waals surface area contributed by atoms with Gasteiger partial charge in [0.2, 0.25) is 0 Å². The molecule has 3 N–H and O–H groups in total. The van der Waals surface area contributed by atoms with Crippen molar-refractivity contribution in [2.45, 2.75) is 24.5 Å². The minimum absolute atomic E-state index is 0.358. The van der Waals surface area contributed by atoms with E-state index < -0.39 is 24.5 Å². The van der Waals surface area contributed by atoms with Gasteiger partial charge in [-0.3, -0.25) is 0 Å². The van der Waals surface area contributed by atoms with Crippen molar-refractivity contribution in [2.75, 3.05) is 6.61 Å². The van der Waals surface area contributed by atoms with E-state index in [1.165, 1.54) is 6.33 Å². The highest BCUT2D eigenvalue weighted by Gasteiger charge is 2.43. The molecule has 0 saturated carbocycles. The van der Waals surface area contributed by atoms with Gasteiger partial charge in [-0.1, -0.05) is 0 Å². The Kier molecular flexibility index (Phi) is 3.63. The number of aliphatic hydroxyl groups excluding tert-OH is 3. The minimum Gasteiger partial charge on any atom is -0.394 e. The van der Waals surface area contributed by atoms with Gasteiger partial charge in [0.15, 0.2) is 6.23 Å². The molecule has 0 amide bonds. The molecule has 4 rings (SSSR count). The molecule has 1 saturated heterocycles. The van der Waals surface area contributed by atoms with Crippen molar-refractivity contribution >= 4 is 22.4 Å². The predicted octanol–water partition coefficient (Wildman–Crippen LogP) is 0.771. The summed E-state index contributed by atoms with van der Waals surface area (Å²) in [4.78, 5) is 8.63. The van der Waals surface area contributed by atoms with E-state index in [-0.39, 0.29) is 6.61 Å². The van der Waals surface area contributed by atoms with Crippen LogP contribution in [0, 0.1) is 0 Å². The number of hydrogen-bond acceptors (Lipinski definition) is 7. The standard InChI is InChI=1S/C15H15N3O4S/c19-5-10-12(20)13(21)15(22-10)18-3-1-9-11(8-2-4-23-6-8)16-7-17-14(9)18/h1-4,6-7,10,12-13,15,19-21H,5H2/t10-,12-,13+,15-/m1/s1. The zero-order valence-electron chi connectivity index (χ0n) is 12.0. The summed E-state index contributed by atoms with van der Waals surface area (Å²) in [5, 5.41) is 34.2. The van der Waals surface area contributed by atoms with Crippen LogP contribution in [-0.2, 0) is 4.74 Å². The van der Waals surface area contributed by atoms with Gasteiger partial charge in [-0.2, -0.15) is 11.3 Å². The number of aromatic nitrogens is 3. The second-order valence-electron chi connectivity index (χ2n) is 5.42. The van der Waals surface area contributed by atoms with Crippen molar-refractivity contribution in [3.8, 4) is 11.3 Å². The van der Waals surface area contributed by atoms with Gasteiger partial charge in [0.1, 0.15) is 30.3 Å². The molecule has 3 aromatic rings. The van der Waals surface area contributed by atoms with Crippen LogP contribution in [-0.4, -0.2) is 54.8 Å². The van der Waals surface area contributed by atoms with Crippen LogP contribution < -0.4 is 0 Å². The highest BCUT2D eigenvalue weighted by molar-refractivity contribution is 7.08. The lowest BCUT2D eigenvalue weighted by Crippen LogP contribution is -2.33. The quantitative estimate of drug-likeness (QED) is 0.655. The van der Waals surface area contributed by atoms with Crippen molar-refractivity contribution in [3.05, 3.63) is 35.4 Å². The van der Waals surface area contributed by atoms with Crippen LogP contribution in [0.1, 0.15) is 6.23 Å². The molecule has 1 aliphatic rings. The molecular formula is C15H15N3O4S. The van der Waals surface area contributed by atoms with Gasteiger partial charge < -0.3 is 24.6 Å². The number of fused-ring (bicyclic) bond motifs is 1. The lowest BCUT2D eigenvalue weighted by atomic mass is 10.1. The Morgan fingerprint density at radius 2 is 2.09 bits per heavy atom. The van der Waals surface area contributed by atoms with Gasteiger partial charge in [-0.05, 0) is 17.5 Å². The fourth-order valence-electron chi connectivity index (χ4n) is 2.92. The third kappa shape index (κ3) is 2.27. The van der Waals surface area contributed by atoms with E-state index in [1.807, 2.05) is 22.9 Å². The fourth-order valence-corrected chi connectivity index (χ4v) is 3.56. The monoisotopic (exact) mass is 333 g/mol. The topological polar surface area (TPSA) is 101 Å². The molecule has 3 aromatic heterocycles. The maximum atomic E-state index is 10.2. The van der Waals surface area contributed by atoms with Crippen LogP contribution in [0.15, 0.2) is 35.4 Å². The number of hydrogen-bond donors (Lipinski definition) is 3. The first-order chi connectivity index (χ1) is 11.2. The molecule has 1 aliphatic heterocycles. The Morgan fingerprint density at radius 1 is 1.22 bits per heavy atom. The molecule has 7 nitrogen and oxygen atoms in total. The van der Waals surface area contributed by atoms with Gasteiger partial charge in [0.25, 0.3) is 0 Å². The van der Waals surface area contributed by atoms with Gasteiger partial charge in [0.05, 0.1) is 12.3 Å². The lowest BCUT2D eigenvalue weighted by Gasteiger charge is -2.17. The summed E-state index contributed by atoms with van der Waals surface area (Å²) in [5.74, 6) is 0. The molecule has 0 unspecified atom stereocenters. The van der Waals surface area contributed by atoms with Crippen LogP contribution >= 0.6 is 11.3 Å². The molecule has 0 radical (unpaired) electrons. The van der Waals surface area contributed by atoms with E-state index >= 15 is 0 Å². The van der Waals surface area contributed by atoms with Crippen molar-refractivity contribution in [2.24, 2.45) is 0 Å². The maximum absolute atomic E-state index is 10.2. The average Bonchev–Trinajstić information content (AvgIpc) is 3.28. The van der Waals surface area contributed by atoms with E-state index in [4.69, 9.17) is 4.74 Å². The van der Waals surface area contributed by atoms with Crippen LogP contribution in [0.25, 0.3) is 22.3 Å². The van der Waals surface area contributed by atoms with Crippen LogP contribution in [0.4, 0.5) is 0 Å². The van der Waals surface area contributed by atoms with E-state index in [0.29, 0.717) is 5.65 Å². The molecule has 23 heavy (non-hydrogen) atoms. The van der Waals surface area contributed by atoms with Crippen LogP contribution in [0.5, 0.6) is 0 Å². The van der Waals surface area contributed by atoms with Crippen LogP contribution in [0.3, 0.4) is 0 Å². The van der Waals surface area contributed by atoms with Crippen molar-refractivity contribution in [3.63, 3.8) is 0 Å². The number of rotatable bonds is 3. The van der Waals surface area contributed by atoms with E-state index in [0.717, 1.165) is 16.6 Å². The number of thiophene rings is 1. The Bertz CT molecular complexity index is 819. The van der Waals surface area contributed by atoms with Gasteiger partial charge in [-0.15, -0.1) is 0 Å². The van der Waals surface area contributed by atoms with E-state index in [1.54, 1.807) is 22.1 Å². The zero-order valence-corrected chi connectivity index (χ0v) is 12.8. The van der Waals surface area contributed by atoms with Crippen LogP contribution in [0.2, 0.25) is 0 Å². The molecule has 4 atom stereocenters. The molecule has 0 spiro atoms. The van der Waals surface area contributed by atoms with E-state index in [2.05, 4.69) is 9.97 Å². The summed E-state index contributed by atoms with van der Waals surface area (Å²) in [5.41, 5.74) is 2.42. The fraction of sp³-hybridized carbons (Fsp3) is 0.333.